The molecule has 696 valence electrons. The Labute approximate surface area is 756 Å². The van der Waals surface area contributed by atoms with Crippen molar-refractivity contribution in [1.29, 1.82) is 0 Å². The molecule has 18 N–H and O–H groups in total. The zero-order valence-corrected chi connectivity index (χ0v) is 72.0. The predicted octanol–water partition coefficient (Wildman–Crippen LogP) is 5.66. The zero-order valence-electron chi connectivity index (χ0n) is 70.4. The van der Waals surface area contributed by atoms with Crippen molar-refractivity contribution in [3.05, 3.63) is 188 Å². The number of nitrogens with one attached hydrogen (secondary N) is 7. The smallest absolute Gasteiger partial charge is 0.330 e. The molecule has 7 aliphatic rings. The summed E-state index contributed by atoms with van der Waals surface area (Å²) in [6.07, 6.45) is -2.45. The van der Waals surface area contributed by atoms with Gasteiger partial charge in [0.1, 0.15) is 112 Å². The number of aromatic hydroxyl groups is 6. The van der Waals surface area contributed by atoms with Crippen molar-refractivity contribution in [2.75, 3.05) is 59.5 Å². The number of rotatable bonds is 29. The topological polar surface area (TPSA) is 580 Å². The number of nitrogens with zero attached hydrogens (tertiary/aromatic N) is 6. The number of phenolic OH excluding ortho intramolecular Hbond substituents is 6. The molecule has 7 aliphatic heterocycles. The number of hydrogen-bond acceptors (Lipinski definition) is 32. The summed E-state index contributed by atoms with van der Waals surface area (Å²) < 4.78 is 63.4. The Morgan fingerprint density at radius 2 is 1.18 bits per heavy atom. The van der Waals surface area contributed by atoms with Crippen molar-refractivity contribution >= 4 is 64.6 Å². The third-order valence-corrected chi connectivity index (χ3v) is 22.7. The number of amides is 6. The molecule has 1 fully saturated rings. The molecule has 9 aromatic rings. The number of carbonyl (C=O) groups is 7. The van der Waals surface area contributed by atoms with Crippen LogP contribution in [-0.2, 0) is 92.9 Å². The number of aliphatic hydroxyl groups excluding tert-OH is 4. The van der Waals surface area contributed by atoms with E-state index in [9.17, 15) is 65.8 Å². The second kappa shape index (κ2) is 43.0. The third-order valence-electron chi connectivity index (χ3n) is 22.1. The van der Waals surface area contributed by atoms with Gasteiger partial charge in [-0.3, -0.25) is 34.1 Å². The van der Waals surface area contributed by atoms with Crippen LogP contribution >= 0.6 is 23.2 Å². The van der Waals surface area contributed by atoms with E-state index in [1.54, 1.807) is 4.68 Å². The van der Waals surface area contributed by atoms with Crippen LogP contribution in [0, 0.1) is 0 Å². The summed E-state index contributed by atoms with van der Waals surface area (Å²) in [5, 5.41) is 163. The van der Waals surface area contributed by atoms with Crippen molar-refractivity contribution in [3.63, 3.8) is 0 Å². The number of aliphatic hydroxyl groups is 4. The van der Waals surface area contributed by atoms with E-state index < -0.39 is 207 Å². The van der Waals surface area contributed by atoms with Crippen LogP contribution in [0.2, 0.25) is 10.0 Å². The maximum Gasteiger partial charge on any atom is 0.330 e. The van der Waals surface area contributed by atoms with Gasteiger partial charge in [-0.05, 0) is 119 Å². The first-order valence-corrected chi connectivity index (χ1v) is 42.8. The minimum atomic E-state index is -2.49. The molecule has 131 heavy (non-hydrogen) atoms. The summed E-state index contributed by atoms with van der Waals surface area (Å²) in [5.74, 6) is -15.6. The average molecular weight is 1860 g/mol. The van der Waals surface area contributed by atoms with E-state index in [-0.39, 0.29) is 100 Å². The van der Waals surface area contributed by atoms with Gasteiger partial charge in [-0.25, -0.2) is 14.2 Å². The van der Waals surface area contributed by atoms with Gasteiger partial charge >= 0.3 is 5.97 Å². The van der Waals surface area contributed by atoms with Crippen molar-refractivity contribution in [1.82, 2.24) is 67.2 Å². The van der Waals surface area contributed by atoms with Gasteiger partial charge in [0, 0.05) is 48.8 Å². The summed E-state index contributed by atoms with van der Waals surface area (Å²) >= 11 is 14.3. The van der Waals surface area contributed by atoms with Gasteiger partial charge in [0.25, 0.3) is 0 Å². The molecular formula is C88H97Cl2N13O28. The Morgan fingerprint density at radius 1 is 0.550 bits per heavy atom. The van der Waals surface area contributed by atoms with Crippen LogP contribution in [0.5, 0.6) is 69.0 Å². The highest BCUT2D eigenvalue weighted by molar-refractivity contribution is 6.32. The fraction of sp³-hybridized carbons (Fsp3) is 0.398. The lowest BCUT2D eigenvalue weighted by molar-refractivity contribution is -0.284. The Kier molecular flexibility index (Phi) is 31.0. The Morgan fingerprint density at radius 3 is 1.89 bits per heavy atom. The van der Waals surface area contributed by atoms with Gasteiger partial charge in [-0.2, -0.15) is 0 Å². The highest BCUT2D eigenvalue weighted by atomic mass is 35.5. The van der Waals surface area contributed by atoms with Gasteiger partial charge in [-0.15, -0.1) is 10.2 Å². The van der Waals surface area contributed by atoms with E-state index >= 15 is 24.0 Å². The first kappa shape index (κ1) is 94.5. The molecule has 0 radical (unpaired) electrons. The minimum Gasteiger partial charge on any atom is -0.508 e. The molecule has 43 heteroatoms. The van der Waals surface area contributed by atoms with Gasteiger partial charge < -0.3 is 135 Å². The molecule has 1 unspecified atom stereocenters. The van der Waals surface area contributed by atoms with Crippen molar-refractivity contribution < 1.29 is 137 Å². The summed E-state index contributed by atoms with van der Waals surface area (Å²) in [4.78, 5) is 106. The second-order valence-electron chi connectivity index (χ2n) is 31.6. The molecule has 17 bridgehead atoms. The molecule has 0 spiro atoms. The van der Waals surface area contributed by atoms with E-state index in [0.29, 0.717) is 39.6 Å². The summed E-state index contributed by atoms with van der Waals surface area (Å²) in [6, 6.07) is 5.57. The van der Waals surface area contributed by atoms with Crippen LogP contribution in [0.1, 0.15) is 139 Å². The molecule has 7 aromatic carbocycles. The Balaban J connectivity index is 0.773. The molecule has 9 heterocycles. The number of benzene rings is 7. The van der Waals surface area contributed by atoms with E-state index in [2.05, 4.69) is 64.8 Å². The number of carboxylic acid groups (broad SMARTS) is 1. The number of aliphatic carboxylic acids is 1. The quantitative estimate of drug-likeness (QED) is 0.0251. The highest BCUT2D eigenvalue weighted by Gasteiger charge is 2.50. The number of aromatic nitrogens is 6. The van der Waals surface area contributed by atoms with Crippen LogP contribution in [-0.4, -0.2) is 236 Å². The van der Waals surface area contributed by atoms with E-state index in [0.717, 1.165) is 96.9 Å². The van der Waals surface area contributed by atoms with E-state index in [1.807, 2.05) is 6.20 Å². The van der Waals surface area contributed by atoms with Gasteiger partial charge in [0.15, 0.2) is 41.4 Å². The number of carbonyl (C=O) groups excluding carboxylic acids is 6. The SMILES string of the molecule is CCCCCCCCOCc1cn(CCOCCOCCOCCOCc2cn([C@H]3C(=O)N[C@@H]4Cc5ccc(c(Cl)c5)Oc5cc6cc(c5O)Oc5ccc(cc5Cl)[C@@H](O[C@@H]5O[C@H](CO)[C@@H](O)[C@H](O)[C@H]5NC(C)=O)[C@H]5NC(=O)[C@H](NC(O)[C@@H]6NC(=O)[C@@H](NC4=O)c4cc(O)cc(c4)Oc4cc3ccc4O)c3ccc(O)c(c3)-c3c(O)cc(O)cc3[C@H](C(=O)O)NC5=O)nn2)nn1. The first-order chi connectivity index (χ1) is 63.1. The van der Waals surface area contributed by atoms with Crippen LogP contribution in [0.15, 0.2) is 128 Å². The molecular weight excluding hydrogens is 1760 g/mol. The lowest BCUT2D eigenvalue weighted by Gasteiger charge is -2.44. The Hall–Kier alpha value is -12.6. The average Bonchev–Trinajstić information content (AvgIpc) is 0.883. The number of halogens is 2. The largest absolute Gasteiger partial charge is 0.508 e. The molecule has 41 nitrogen and oxygen atoms in total. The normalized spacial score (nSPS) is 22.6. The van der Waals surface area contributed by atoms with Crippen molar-refractivity contribution in [3.8, 4) is 80.1 Å². The fourth-order valence-electron chi connectivity index (χ4n) is 15.6. The van der Waals surface area contributed by atoms with E-state index in [4.69, 9.17) is 70.6 Å². The van der Waals surface area contributed by atoms with Crippen molar-refractivity contribution in [2.45, 2.75) is 164 Å². The van der Waals surface area contributed by atoms with Gasteiger partial charge in [-0.1, -0.05) is 96.9 Å². The molecule has 2 aromatic heterocycles. The summed E-state index contributed by atoms with van der Waals surface area (Å²) in [7, 11) is 0. The summed E-state index contributed by atoms with van der Waals surface area (Å²) in [6.45, 7) is 5.46. The molecule has 0 aliphatic carbocycles. The summed E-state index contributed by atoms with van der Waals surface area (Å²) in [5.41, 5.74) is -1.51. The van der Waals surface area contributed by atoms with Crippen LogP contribution in [0.25, 0.3) is 11.1 Å². The molecule has 1 saturated heterocycles. The molecule has 6 amide bonds. The lowest BCUT2D eigenvalue weighted by atomic mass is 9.89. The van der Waals surface area contributed by atoms with Crippen LogP contribution in [0.4, 0.5) is 0 Å². The number of phenols is 6. The third kappa shape index (κ3) is 22.9. The number of hydrogen-bond donors (Lipinski definition) is 18. The number of carboxylic acids is 1. The number of ether oxygens (including phenoxy) is 10. The second-order valence-corrected chi connectivity index (χ2v) is 32.4. The first-order valence-electron chi connectivity index (χ1n) is 42.0. The monoisotopic (exact) mass is 1850 g/mol. The zero-order chi connectivity index (χ0) is 92.8. The van der Waals surface area contributed by atoms with Crippen LogP contribution in [0.3, 0.4) is 0 Å². The molecule has 0 saturated carbocycles. The van der Waals surface area contributed by atoms with Crippen molar-refractivity contribution in [2.24, 2.45) is 0 Å². The highest BCUT2D eigenvalue weighted by Crippen LogP contribution is 2.49. The standard InChI is InChI=1S/C88H97Cl2N13O28/c1-3-4-5-6-7-8-18-125-41-50-38-102(100-98-50)17-19-122-20-21-123-22-23-124-24-25-126-42-51-39-103(101-99-51)76-46-11-14-61(109)65(32-46)127-54-29-48(28-52(106)35-54)71-83(116)95-72-49-33-66(128-63-15-9-44(26-57(63)89)27-59(81(114)93-71)92-86(76)119)77(111)67(34-49)129-64-16-12-47(31-58(64)90)80(131-88-74(91-43(2)105)79(113)78(112)68(40-104)130-88)75-85(118)96-73(87(120)121)56-36-53(107)37-62(110)69(56)55-30-45(10-13-60(55)108)70(82(115)97-75)94-84(72)117/h9-16,26,28-39,59,68,70-76,78-80,84,88,94,104,106-113,117H,3-8,17-25,27,40-42H2,1-2H3,(H,91,105)(H,92,119)(H,93,114)(H,95,116)(H,96,118)(H,97,115)(H,120,121)/t59-,68-,70-,71+,72-,73-,74-,75-,76-,78-,79-,80-,84?,88+/m1/s1. The van der Waals surface area contributed by atoms with Gasteiger partial charge in [0.05, 0.1) is 101 Å². The Bertz CT molecular complexity index is 5650. The predicted molar refractivity (Wildman–Crippen MR) is 457 cm³/mol. The number of unbranched alkanes of at least 4 members (excludes halogenated alkanes) is 5. The lowest BCUT2D eigenvalue weighted by Crippen LogP contribution is -2.65. The molecule has 16 rings (SSSR count). The maximum absolute atomic E-state index is 16.2. The van der Waals surface area contributed by atoms with E-state index in [1.165, 1.54) is 80.4 Å². The maximum atomic E-state index is 16.2. The minimum absolute atomic E-state index is 0.0883. The van der Waals surface area contributed by atoms with Gasteiger partial charge in [0.2, 0.25) is 41.2 Å². The van der Waals surface area contributed by atoms with Crippen LogP contribution < -0.4 is 51.4 Å². The fourth-order valence-corrected chi connectivity index (χ4v) is 16.1. The molecule has 14 atom stereocenters. The number of fused-ring (bicyclic) bond motifs is 14.